The van der Waals surface area contributed by atoms with Crippen molar-refractivity contribution in [2.24, 2.45) is 5.73 Å². The van der Waals surface area contributed by atoms with Crippen molar-refractivity contribution in [1.82, 2.24) is 9.21 Å². The molecule has 5 nitrogen and oxygen atoms in total. The molecule has 0 saturated carbocycles. The smallest absolute Gasteiger partial charge is 0.244 e. The Morgan fingerprint density at radius 1 is 1.33 bits per heavy atom. The third-order valence-corrected chi connectivity index (χ3v) is 7.91. The predicted molar refractivity (Wildman–Crippen MR) is 84.9 cm³/mol. The lowest BCUT2D eigenvalue weighted by molar-refractivity contribution is 0.251. The number of sulfonamides is 1. The zero-order valence-electron chi connectivity index (χ0n) is 12.4. The van der Waals surface area contributed by atoms with Gasteiger partial charge in [0, 0.05) is 30.6 Å². The molecule has 1 unspecified atom stereocenters. The van der Waals surface area contributed by atoms with Gasteiger partial charge in [0.1, 0.15) is 4.90 Å². The number of hydrogen-bond acceptors (Lipinski definition) is 5. The van der Waals surface area contributed by atoms with Crippen LogP contribution in [0.3, 0.4) is 0 Å². The van der Waals surface area contributed by atoms with Gasteiger partial charge in [-0.15, -0.1) is 11.3 Å². The number of nitrogens with zero attached hydrogens (tertiary/aromatic N) is 2. The molecule has 2 saturated heterocycles. The van der Waals surface area contributed by atoms with Crippen molar-refractivity contribution in [3.63, 3.8) is 0 Å². The molecule has 3 rings (SSSR count). The monoisotopic (exact) mass is 329 g/mol. The molecule has 118 valence electrons. The number of aryl methyl sites for hydroxylation is 1. The maximum absolute atomic E-state index is 12.9. The third kappa shape index (κ3) is 2.77. The standard InChI is InChI=1S/C14H23N3O2S2/c1-11-10-20-13(8-15)14(11)21(18,19)17-7-4-12(9-17)16-5-2-3-6-16/h10,12H,2-9,15H2,1H3. The number of thiophene rings is 1. The summed E-state index contributed by atoms with van der Waals surface area (Å²) in [6.45, 7) is 5.63. The van der Waals surface area contributed by atoms with Crippen LogP contribution in [-0.4, -0.2) is 49.8 Å². The molecular weight excluding hydrogens is 306 g/mol. The molecule has 2 aliphatic rings. The lowest BCUT2D eigenvalue weighted by Crippen LogP contribution is -2.37. The number of hydrogen-bond donors (Lipinski definition) is 1. The van der Waals surface area contributed by atoms with Gasteiger partial charge in [0.15, 0.2) is 0 Å². The second-order valence-corrected chi connectivity index (χ2v) is 8.76. The van der Waals surface area contributed by atoms with Gasteiger partial charge in [-0.3, -0.25) is 4.90 Å². The molecule has 3 heterocycles. The Morgan fingerprint density at radius 3 is 2.71 bits per heavy atom. The second kappa shape index (κ2) is 5.96. The van der Waals surface area contributed by atoms with Crippen LogP contribution in [0.1, 0.15) is 29.7 Å². The van der Waals surface area contributed by atoms with Crippen LogP contribution in [-0.2, 0) is 16.6 Å². The van der Waals surface area contributed by atoms with Crippen LogP contribution in [0.2, 0.25) is 0 Å². The van der Waals surface area contributed by atoms with E-state index in [1.54, 1.807) is 4.31 Å². The number of likely N-dealkylation sites (tertiary alicyclic amines) is 1. The van der Waals surface area contributed by atoms with E-state index in [9.17, 15) is 8.42 Å². The van der Waals surface area contributed by atoms with Gasteiger partial charge in [-0.1, -0.05) is 0 Å². The molecule has 2 fully saturated rings. The van der Waals surface area contributed by atoms with Crippen molar-refractivity contribution in [2.45, 2.75) is 43.7 Å². The van der Waals surface area contributed by atoms with E-state index in [1.165, 1.54) is 24.2 Å². The van der Waals surface area contributed by atoms with Gasteiger partial charge in [-0.05, 0) is 50.2 Å². The van der Waals surface area contributed by atoms with E-state index in [0.717, 1.165) is 30.0 Å². The van der Waals surface area contributed by atoms with Crippen molar-refractivity contribution >= 4 is 21.4 Å². The second-order valence-electron chi connectivity index (χ2n) is 5.92. The first kappa shape index (κ1) is 15.4. The summed E-state index contributed by atoms with van der Waals surface area (Å²) in [5.74, 6) is 0. The Bertz CT molecular complexity index is 606. The van der Waals surface area contributed by atoms with E-state index in [4.69, 9.17) is 5.73 Å². The van der Waals surface area contributed by atoms with E-state index in [2.05, 4.69) is 4.90 Å². The Hall–Kier alpha value is -0.470. The van der Waals surface area contributed by atoms with Crippen LogP contribution in [0.25, 0.3) is 0 Å². The van der Waals surface area contributed by atoms with Gasteiger partial charge >= 0.3 is 0 Å². The zero-order valence-corrected chi connectivity index (χ0v) is 14.0. The average Bonchev–Trinajstić information content (AvgIpc) is 3.18. The minimum atomic E-state index is -3.39. The Kier molecular flexibility index (Phi) is 4.38. The SMILES string of the molecule is Cc1csc(CN)c1S(=O)(=O)N1CCC(N2CCCC2)C1. The predicted octanol–water partition coefficient (Wildman–Crippen LogP) is 1.37. The normalized spacial score (nSPS) is 25.0. The van der Waals surface area contributed by atoms with Gasteiger partial charge in [-0.25, -0.2) is 8.42 Å². The lowest BCUT2D eigenvalue weighted by atomic mass is 10.2. The fourth-order valence-electron chi connectivity index (χ4n) is 3.44. The quantitative estimate of drug-likeness (QED) is 0.906. The summed E-state index contributed by atoms with van der Waals surface area (Å²) in [6.07, 6.45) is 3.43. The average molecular weight is 329 g/mol. The van der Waals surface area contributed by atoms with Crippen LogP contribution in [0.15, 0.2) is 10.3 Å². The molecule has 7 heteroatoms. The van der Waals surface area contributed by atoms with Crippen LogP contribution in [0, 0.1) is 6.92 Å². The van der Waals surface area contributed by atoms with E-state index < -0.39 is 10.0 Å². The highest BCUT2D eigenvalue weighted by atomic mass is 32.2. The van der Waals surface area contributed by atoms with Crippen LogP contribution in [0.4, 0.5) is 0 Å². The van der Waals surface area contributed by atoms with Gasteiger partial charge in [0.25, 0.3) is 0 Å². The molecule has 0 radical (unpaired) electrons. The highest BCUT2D eigenvalue weighted by molar-refractivity contribution is 7.89. The van der Waals surface area contributed by atoms with Crippen molar-refractivity contribution < 1.29 is 8.42 Å². The van der Waals surface area contributed by atoms with Gasteiger partial charge in [-0.2, -0.15) is 4.31 Å². The summed E-state index contributed by atoms with van der Waals surface area (Å²) in [7, 11) is -3.39. The molecule has 0 amide bonds. The first-order valence-electron chi connectivity index (χ1n) is 7.55. The Balaban J connectivity index is 1.81. The molecule has 1 aromatic heterocycles. The summed E-state index contributed by atoms with van der Waals surface area (Å²) in [5, 5.41) is 1.89. The van der Waals surface area contributed by atoms with Crippen LogP contribution < -0.4 is 5.73 Å². The number of nitrogens with two attached hydrogens (primary N) is 1. The highest BCUT2D eigenvalue weighted by Gasteiger charge is 2.37. The van der Waals surface area contributed by atoms with Gasteiger partial charge in [0.05, 0.1) is 0 Å². The summed E-state index contributed by atoms with van der Waals surface area (Å²) >= 11 is 1.45. The van der Waals surface area contributed by atoms with E-state index in [1.807, 2.05) is 12.3 Å². The molecule has 2 aliphatic heterocycles. The van der Waals surface area contributed by atoms with Crippen molar-refractivity contribution in [2.75, 3.05) is 26.2 Å². The molecule has 0 aromatic carbocycles. The number of rotatable bonds is 4. The zero-order chi connectivity index (χ0) is 15.0. The molecular formula is C14H23N3O2S2. The molecule has 0 bridgehead atoms. The highest BCUT2D eigenvalue weighted by Crippen LogP contribution is 2.32. The van der Waals surface area contributed by atoms with E-state index in [-0.39, 0.29) is 6.54 Å². The summed E-state index contributed by atoms with van der Waals surface area (Å²) in [6, 6.07) is 0.391. The molecule has 0 aliphatic carbocycles. The Morgan fingerprint density at radius 2 is 2.05 bits per heavy atom. The summed E-state index contributed by atoms with van der Waals surface area (Å²) < 4.78 is 27.5. The lowest BCUT2D eigenvalue weighted by Gasteiger charge is -2.23. The molecule has 21 heavy (non-hydrogen) atoms. The van der Waals surface area contributed by atoms with Crippen LogP contribution in [0.5, 0.6) is 0 Å². The summed E-state index contributed by atoms with van der Waals surface area (Å²) in [5.41, 5.74) is 6.53. The van der Waals surface area contributed by atoms with Crippen LogP contribution >= 0.6 is 11.3 Å². The topological polar surface area (TPSA) is 66.6 Å². The summed E-state index contributed by atoms with van der Waals surface area (Å²) in [4.78, 5) is 3.68. The first-order chi connectivity index (χ1) is 10.0. The fraction of sp³-hybridized carbons (Fsp3) is 0.714. The molecule has 0 spiro atoms. The maximum atomic E-state index is 12.9. The van der Waals surface area contributed by atoms with E-state index >= 15 is 0 Å². The minimum Gasteiger partial charge on any atom is -0.326 e. The minimum absolute atomic E-state index is 0.288. The largest absolute Gasteiger partial charge is 0.326 e. The van der Waals surface area contributed by atoms with Crippen molar-refractivity contribution in [3.8, 4) is 0 Å². The van der Waals surface area contributed by atoms with E-state index in [0.29, 0.717) is 24.0 Å². The Labute approximate surface area is 130 Å². The molecule has 2 N–H and O–H groups in total. The van der Waals surface area contributed by atoms with Gasteiger partial charge < -0.3 is 5.73 Å². The molecule has 1 atom stereocenters. The van der Waals surface area contributed by atoms with Gasteiger partial charge in [0.2, 0.25) is 10.0 Å². The van der Waals surface area contributed by atoms with Crippen molar-refractivity contribution in [3.05, 3.63) is 15.8 Å². The third-order valence-electron chi connectivity index (χ3n) is 4.56. The first-order valence-corrected chi connectivity index (χ1v) is 9.87. The maximum Gasteiger partial charge on any atom is 0.244 e. The van der Waals surface area contributed by atoms with Crippen molar-refractivity contribution in [1.29, 1.82) is 0 Å². The fourth-order valence-corrected chi connectivity index (χ4v) is 6.58. The molecule has 1 aromatic rings.